The molecule has 0 amide bonds. The summed E-state index contributed by atoms with van der Waals surface area (Å²) in [6, 6.07) is 11.4. The largest absolute Gasteiger partial charge is 0.481 e. The zero-order chi connectivity index (χ0) is 19.4. The number of aromatic nitrogens is 1. The Hall–Kier alpha value is -2.08. The Balaban J connectivity index is 1.51. The Morgan fingerprint density at radius 3 is 2.75 bits per heavy atom. The molecule has 0 radical (unpaired) electrons. The molecule has 2 aromatic carbocycles. The molecule has 1 heterocycles. The van der Waals surface area contributed by atoms with Crippen LogP contribution < -0.4 is 5.32 Å². The molecule has 2 atom stereocenters. The summed E-state index contributed by atoms with van der Waals surface area (Å²) in [5, 5.41) is 14.9. The number of aryl methyl sites for hydroxylation is 2. The van der Waals surface area contributed by atoms with Crippen molar-refractivity contribution in [3.8, 4) is 11.3 Å². The number of thiazole rings is 1. The number of nitrogens with one attached hydrogen (secondary N) is 1. The van der Waals surface area contributed by atoms with Crippen LogP contribution in [-0.4, -0.2) is 16.1 Å². The molecule has 0 aliphatic heterocycles. The number of halogens is 2. The van der Waals surface area contributed by atoms with E-state index in [-0.39, 0.29) is 6.04 Å². The van der Waals surface area contributed by atoms with Crippen LogP contribution in [0.5, 0.6) is 0 Å². The summed E-state index contributed by atoms with van der Waals surface area (Å²) in [6.45, 7) is 0. The highest BCUT2D eigenvalue weighted by molar-refractivity contribution is 7.16. The number of hydrogen-bond donors (Lipinski definition) is 2. The molecule has 2 aliphatic carbocycles. The summed E-state index contributed by atoms with van der Waals surface area (Å²) in [5.41, 5.74) is 5.21. The number of hydrogen-bond acceptors (Lipinski definition) is 4. The smallest absolute Gasteiger partial charge is 0.309 e. The number of nitrogens with zero attached hydrogens (tertiary/aromatic N) is 1. The monoisotopic (exact) mass is 430 g/mol. The van der Waals surface area contributed by atoms with Gasteiger partial charge in [0.15, 0.2) is 5.13 Å². The molecule has 3 aromatic rings. The second-order valence-corrected chi connectivity index (χ2v) is 9.08. The standard InChI is InChI=1S/C21H16Cl2N2O2S/c22-15-8-11-5-6-17-19(13(11)9-16(15)23)25-21(28-17)24-18-12-4-2-1-3-10(12)7-14(18)20(26)27/h1-4,8-9,14,18H,5-7H2,(H,24,25)(H,26,27). The van der Waals surface area contributed by atoms with E-state index in [1.54, 1.807) is 11.3 Å². The van der Waals surface area contributed by atoms with Crippen LogP contribution in [0.15, 0.2) is 36.4 Å². The fraction of sp³-hybridized carbons (Fsp3) is 0.238. The lowest BCUT2D eigenvalue weighted by Gasteiger charge is -2.18. The molecule has 0 fully saturated rings. The molecule has 0 saturated heterocycles. The van der Waals surface area contributed by atoms with Crippen molar-refractivity contribution in [2.24, 2.45) is 5.92 Å². The van der Waals surface area contributed by atoms with Gasteiger partial charge in [0.2, 0.25) is 0 Å². The molecule has 4 nitrogen and oxygen atoms in total. The van der Waals surface area contributed by atoms with E-state index in [1.807, 2.05) is 36.4 Å². The molecular formula is C21H16Cl2N2O2S. The maximum absolute atomic E-state index is 11.8. The second-order valence-electron chi connectivity index (χ2n) is 7.18. The third-order valence-corrected chi connectivity index (χ3v) is 7.32. The minimum absolute atomic E-state index is 0.283. The Kier molecular flexibility index (Phi) is 4.34. The molecule has 2 N–H and O–H groups in total. The number of anilines is 1. The molecular weight excluding hydrogens is 415 g/mol. The third-order valence-electron chi connectivity index (χ3n) is 5.55. The lowest BCUT2D eigenvalue weighted by Crippen LogP contribution is -2.24. The minimum Gasteiger partial charge on any atom is -0.481 e. The van der Waals surface area contributed by atoms with E-state index in [4.69, 9.17) is 28.2 Å². The molecule has 2 aliphatic rings. The lowest BCUT2D eigenvalue weighted by atomic mass is 9.93. The molecule has 0 spiro atoms. The number of benzene rings is 2. The number of rotatable bonds is 3. The highest BCUT2D eigenvalue weighted by Crippen LogP contribution is 2.44. The van der Waals surface area contributed by atoms with Crippen molar-refractivity contribution in [2.75, 3.05) is 5.32 Å². The van der Waals surface area contributed by atoms with E-state index in [1.165, 1.54) is 4.88 Å². The van der Waals surface area contributed by atoms with Crippen molar-refractivity contribution in [2.45, 2.75) is 25.3 Å². The van der Waals surface area contributed by atoms with Crippen LogP contribution in [0.25, 0.3) is 11.3 Å². The van der Waals surface area contributed by atoms with Gasteiger partial charge in [-0.25, -0.2) is 4.98 Å². The first kappa shape index (κ1) is 18.0. The van der Waals surface area contributed by atoms with E-state index in [9.17, 15) is 9.90 Å². The summed E-state index contributed by atoms with van der Waals surface area (Å²) < 4.78 is 0. The van der Waals surface area contributed by atoms with Gasteiger partial charge in [0, 0.05) is 10.4 Å². The van der Waals surface area contributed by atoms with E-state index < -0.39 is 11.9 Å². The molecule has 28 heavy (non-hydrogen) atoms. The number of fused-ring (bicyclic) bond motifs is 4. The summed E-state index contributed by atoms with van der Waals surface area (Å²) >= 11 is 14.0. The van der Waals surface area contributed by atoms with E-state index in [0.717, 1.165) is 45.9 Å². The van der Waals surface area contributed by atoms with E-state index in [2.05, 4.69) is 5.32 Å². The van der Waals surface area contributed by atoms with Crippen LogP contribution >= 0.6 is 34.5 Å². The molecule has 0 saturated carbocycles. The SMILES string of the molecule is O=C(O)C1Cc2ccccc2C1Nc1nc2c(s1)CCc1cc(Cl)c(Cl)cc1-2. The lowest BCUT2D eigenvalue weighted by molar-refractivity contribution is -0.141. The topological polar surface area (TPSA) is 62.2 Å². The zero-order valence-electron chi connectivity index (χ0n) is 14.7. The second kappa shape index (κ2) is 6.76. The Bertz CT molecular complexity index is 1110. The van der Waals surface area contributed by atoms with Gasteiger partial charge in [0.25, 0.3) is 0 Å². The minimum atomic E-state index is -0.790. The Labute approximate surface area is 176 Å². The molecule has 2 unspecified atom stereocenters. The van der Waals surface area contributed by atoms with Gasteiger partial charge >= 0.3 is 5.97 Å². The average Bonchev–Trinajstić information content (AvgIpc) is 3.25. The highest BCUT2D eigenvalue weighted by Gasteiger charge is 2.38. The van der Waals surface area contributed by atoms with Crippen LogP contribution in [0.1, 0.15) is 27.6 Å². The van der Waals surface area contributed by atoms with Crippen LogP contribution in [0, 0.1) is 5.92 Å². The zero-order valence-corrected chi connectivity index (χ0v) is 17.0. The van der Waals surface area contributed by atoms with Crippen LogP contribution in [0.2, 0.25) is 10.0 Å². The van der Waals surface area contributed by atoms with Crippen LogP contribution in [0.4, 0.5) is 5.13 Å². The maximum Gasteiger partial charge on any atom is 0.309 e. The summed E-state index contributed by atoms with van der Waals surface area (Å²) in [6.07, 6.45) is 2.32. The quantitative estimate of drug-likeness (QED) is 0.565. The number of carbonyl (C=O) groups is 1. The number of aliphatic carboxylic acids is 1. The summed E-state index contributed by atoms with van der Waals surface area (Å²) in [7, 11) is 0. The van der Waals surface area contributed by atoms with Crippen LogP contribution in [-0.2, 0) is 24.1 Å². The molecule has 1 aromatic heterocycles. The van der Waals surface area contributed by atoms with E-state index >= 15 is 0 Å². The predicted octanol–water partition coefficient (Wildman–Crippen LogP) is 5.63. The Morgan fingerprint density at radius 1 is 1.14 bits per heavy atom. The summed E-state index contributed by atoms with van der Waals surface area (Å²) in [4.78, 5) is 17.8. The van der Waals surface area contributed by atoms with Gasteiger partial charge in [-0.15, -0.1) is 11.3 Å². The van der Waals surface area contributed by atoms with Crippen molar-refractivity contribution >= 4 is 45.6 Å². The number of carboxylic acids is 1. The van der Waals surface area contributed by atoms with Crippen molar-refractivity contribution in [1.82, 2.24) is 4.98 Å². The highest BCUT2D eigenvalue weighted by atomic mass is 35.5. The van der Waals surface area contributed by atoms with Crippen molar-refractivity contribution < 1.29 is 9.90 Å². The van der Waals surface area contributed by atoms with Crippen molar-refractivity contribution in [3.63, 3.8) is 0 Å². The van der Waals surface area contributed by atoms with Crippen LogP contribution in [0.3, 0.4) is 0 Å². The van der Waals surface area contributed by atoms with E-state index in [0.29, 0.717) is 16.5 Å². The summed E-state index contributed by atoms with van der Waals surface area (Å²) in [5.74, 6) is -1.29. The van der Waals surface area contributed by atoms with Gasteiger partial charge in [0.05, 0.1) is 27.7 Å². The van der Waals surface area contributed by atoms with Gasteiger partial charge < -0.3 is 10.4 Å². The fourth-order valence-corrected chi connectivity index (χ4v) is 5.56. The molecule has 7 heteroatoms. The first-order chi connectivity index (χ1) is 13.5. The normalized spacial score (nSPS) is 19.6. The van der Waals surface area contributed by atoms with Gasteiger partial charge in [-0.1, -0.05) is 47.5 Å². The van der Waals surface area contributed by atoms with Crippen molar-refractivity contribution in [3.05, 3.63) is 68.0 Å². The Morgan fingerprint density at radius 2 is 1.93 bits per heavy atom. The first-order valence-corrected chi connectivity index (χ1v) is 10.6. The van der Waals surface area contributed by atoms with Gasteiger partial charge in [-0.3, -0.25) is 4.79 Å². The average molecular weight is 431 g/mol. The molecule has 142 valence electrons. The van der Waals surface area contributed by atoms with Crippen molar-refractivity contribution in [1.29, 1.82) is 0 Å². The van der Waals surface area contributed by atoms with Gasteiger partial charge in [0.1, 0.15) is 0 Å². The molecule has 0 bridgehead atoms. The number of carboxylic acid groups (broad SMARTS) is 1. The van der Waals surface area contributed by atoms with Gasteiger partial charge in [-0.05, 0) is 48.1 Å². The fourth-order valence-electron chi connectivity index (χ4n) is 4.19. The third kappa shape index (κ3) is 2.89. The van der Waals surface area contributed by atoms with Gasteiger partial charge in [-0.2, -0.15) is 0 Å². The predicted molar refractivity (Wildman–Crippen MR) is 113 cm³/mol. The first-order valence-electron chi connectivity index (χ1n) is 9.06. The maximum atomic E-state index is 11.8. The molecule has 5 rings (SSSR count).